The van der Waals surface area contributed by atoms with Crippen molar-refractivity contribution in [3.63, 3.8) is 0 Å². The molecule has 0 bridgehead atoms. The summed E-state index contributed by atoms with van der Waals surface area (Å²) in [4.78, 5) is 0. The standard InChI is InChI=1S/C13H16ClN5/c1-2-13(6-3-7-13)19-12(16-17-18-19)10-8-9(14)4-5-11(10)15/h4-5,8H,2-3,6-7,15H2,1H3. The van der Waals surface area contributed by atoms with Crippen molar-refractivity contribution in [2.45, 2.75) is 38.1 Å². The Balaban J connectivity index is 2.12. The lowest BCUT2D eigenvalue weighted by Gasteiger charge is -2.41. The van der Waals surface area contributed by atoms with Crippen LogP contribution in [-0.4, -0.2) is 20.2 Å². The molecule has 1 heterocycles. The number of benzene rings is 1. The highest BCUT2D eigenvalue weighted by molar-refractivity contribution is 6.31. The van der Waals surface area contributed by atoms with Gasteiger partial charge in [-0.25, -0.2) is 4.68 Å². The van der Waals surface area contributed by atoms with Crippen molar-refractivity contribution < 1.29 is 0 Å². The van der Waals surface area contributed by atoms with Crippen molar-refractivity contribution in [2.24, 2.45) is 0 Å². The van der Waals surface area contributed by atoms with E-state index < -0.39 is 0 Å². The van der Waals surface area contributed by atoms with Gasteiger partial charge in [0.1, 0.15) is 0 Å². The van der Waals surface area contributed by atoms with Gasteiger partial charge in [0.2, 0.25) is 0 Å². The smallest absolute Gasteiger partial charge is 0.184 e. The second-order valence-electron chi connectivity index (χ2n) is 5.08. The second kappa shape index (κ2) is 4.49. The Morgan fingerprint density at radius 2 is 2.21 bits per heavy atom. The predicted molar refractivity (Wildman–Crippen MR) is 74.8 cm³/mol. The van der Waals surface area contributed by atoms with E-state index in [0.29, 0.717) is 16.5 Å². The highest BCUT2D eigenvalue weighted by Gasteiger charge is 2.40. The molecule has 1 aromatic heterocycles. The highest BCUT2D eigenvalue weighted by atomic mass is 35.5. The van der Waals surface area contributed by atoms with E-state index in [4.69, 9.17) is 17.3 Å². The molecule has 19 heavy (non-hydrogen) atoms. The molecule has 0 atom stereocenters. The monoisotopic (exact) mass is 277 g/mol. The molecule has 0 radical (unpaired) electrons. The summed E-state index contributed by atoms with van der Waals surface area (Å²) in [5.41, 5.74) is 7.52. The zero-order chi connectivity index (χ0) is 13.5. The lowest BCUT2D eigenvalue weighted by Crippen LogP contribution is -2.41. The summed E-state index contributed by atoms with van der Waals surface area (Å²) < 4.78 is 1.93. The van der Waals surface area contributed by atoms with Crippen molar-refractivity contribution in [3.05, 3.63) is 23.2 Å². The third-order valence-electron chi connectivity index (χ3n) is 4.12. The molecule has 5 nitrogen and oxygen atoms in total. The molecule has 0 amide bonds. The third kappa shape index (κ3) is 1.89. The lowest BCUT2D eigenvalue weighted by atomic mass is 9.75. The predicted octanol–water partition coefficient (Wildman–Crippen LogP) is 2.86. The van der Waals surface area contributed by atoms with Gasteiger partial charge in [0.25, 0.3) is 0 Å². The Hall–Kier alpha value is -1.62. The van der Waals surface area contributed by atoms with Crippen molar-refractivity contribution in [2.75, 3.05) is 5.73 Å². The molecule has 0 spiro atoms. The molecule has 2 aromatic rings. The topological polar surface area (TPSA) is 69.6 Å². The Bertz CT molecular complexity index is 597. The molecule has 1 saturated carbocycles. The first-order chi connectivity index (χ1) is 9.16. The van der Waals surface area contributed by atoms with Crippen LogP contribution in [0.25, 0.3) is 11.4 Å². The molecular formula is C13H16ClN5. The molecular weight excluding hydrogens is 262 g/mol. The molecule has 1 aromatic carbocycles. The van der Waals surface area contributed by atoms with Gasteiger partial charge in [0.15, 0.2) is 5.82 Å². The maximum absolute atomic E-state index is 6.05. The van der Waals surface area contributed by atoms with Gasteiger partial charge in [0, 0.05) is 16.3 Å². The molecule has 1 aliphatic carbocycles. The van der Waals surface area contributed by atoms with Crippen LogP contribution in [0.5, 0.6) is 0 Å². The average molecular weight is 278 g/mol. The highest BCUT2D eigenvalue weighted by Crippen LogP contribution is 2.43. The SMILES string of the molecule is CCC1(n2nnnc2-c2cc(Cl)ccc2N)CCC1. The van der Waals surface area contributed by atoms with E-state index in [2.05, 4.69) is 22.4 Å². The van der Waals surface area contributed by atoms with Gasteiger partial charge in [-0.2, -0.15) is 0 Å². The zero-order valence-corrected chi connectivity index (χ0v) is 11.6. The number of anilines is 1. The largest absolute Gasteiger partial charge is 0.398 e. The van der Waals surface area contributed by atoms with Crippen molar-refractivity contribution in [1.82, 2.24) is 20.2 Å². The number of tetrazole rings is 1. The molecule has 3 rings (SSSR count). The van der Waals surface area contributed by atoms with Gasteiger partial charge in [-0.1, -0.05) is 18.5 Å². The minimum Gasteiger partial charge on any atom is -0.398 e. The van der Waals surface area contributed by atoms with Crippen LogP contribution in [0.3, 0.4) is 0 Å². The van der Waals surface area contributed by atoms with Crippen molar-refractivity contribution in [1.29, 1.82) is 0 Å². The van der Waals surface area contributed by atoms with Crippen LogP contribution >= 0.6 is 11.6 Å². The Kier molecular flexibility index (Phi) is 2.93. The minimum absolute atomic E-state index is 0.0492. The number of hydrogen-bond acceptors (Lipinski definition) is 4. The van der Waals surface area contributed by atoms with Gasteiger partial charge in [-0.3, -0.25) is 0 Å². The fourth-order valence-corrected chi connectivity index (χ4v) is 2.87. The van der Waals surface area contributed by atoms with Gasteiger partial charge in [-0.05, 0) is 54.3 Å². The quantitative estimate of drug-likeness (QED) is 0.876. The maximum Gasteiger partial charge on any atom is 0.184 e. The van der Waals surface area contributed by atoms with Crippen LogP contribution in [-0.2, 0) is 5.54 Å². The van der Waals surface area contributed by atoms with Crippen LogP contribution in [0.15, 0.2) is 18.2 Å². The molecule has 0 saturated heterocycles. The van der Waals surface area contributed by atoms with E-state index in [1.54, 1.807) is 12.1 Å². The number of aromatic nitrogens is 4. The first-order valence-electron chi connectivity index (χ1n) is 6.50. The number of nitrogens with zero attached hydrogens (tertiary/aromatic N) is 4. The fourth-order valence-electron chi connectivity index (χ4n) is 2.70. The van der Waals surface area contributed by atoms with Crippen LogP contribution in [0.4, 0.5) is 5.69 Å². The number of halogens is 1. The summed E-state index contributed by atoms with van der Waals surface area (Å²) in [6.45, 7) is 2.17. The van der Waals surface area contributed by atoms with Crippen LogP contribution in [0.2, 0.25) is 5.02 Å². The van der Waals surface area contributed by atoms with Gasteiger partial charge in [-0.15, -0.1) is 5.10 Å². The van der Waals surface area contributed by atoms with Gasteiger partial charge < -0.3 is 5.73 Å². The minimum atomic E-state index is 0.0492. The normalized spacial score (nSPS) is 17.2. The summed E-state index contributed by atoms with van der Waals surface area (Å²) in [7, 11) is 0. The summed E-state index contributed by atoms with van der Waals surface area (Å²) in [6.07, 6.45) is 4.47. The first kappa shape index (κ1) is 12.4. The molecule has 6 heteroatoms. The van der Waals surface area contributed by atoms with E-state index in [1.165, 1.54) is 6.42 Å². The van der Waals surface area contributed by atoms with E-state index >= 15 is 0 Å². The number of nitrogen functional groups attached to an aromatic ring is 1. The molecule has 0 unspecified atom stereocenters. The summed E-state index contributed by atoms with van der Waals surface area (Å²) in [5.74, 6) is 0.710. The molecule has 100 valence electrons. The molecule has 2 N–H and O–H groups in total. The number of nitrogens with two attached hydrogens (primary N) is 1. The Morgan fingerprint density at radius 3 is 2.84 bits per heavy atom. The van der Waals surface area contributed by atoms with Crippen LogP contribution < -0.4 is 5.73 Å². The first-order valence-corrected chi connectivity index (χ1v) is 6.88. The summed E-state index contributed by atoms with van der Waals surface area (Å²) >= 11 is 6.05. The third-order valence-corrected chi connectivity index (χ3v) is 4.35. The van der Waals surface area contributed by atoms with Crippen molar-refractivity contribution in [3.8, 4) is 11.4 Å². The molecule has 1 fully saturated rings. The van der Waals surface area contributed by atoms with E-state index in [0.717, 1.165) is 24.8 Å². The average Bonchev–Trinajstić information content (AvgIpc) is 2.81. The Morgan fingerprint density at radius 1 is 1.42 bits per heavy atom. The molecule has 1 aliphatic rings. The lowest BCUT2D eigenvalue weighted by molar-refractivity contribution is 0.118. The summed E-state index contributed by atoms with van der Waals surface area (Å²) in [6, 6.07) is 5.38. The zero-order valence-electron chi connectivity index (χ0n) is 10.8. The van der Waals surface area contributed by atoms with Crippen LogP contribution in [0.1, 0.15) is 32.6 Å². The number of hydrogen-bond donors (Lipinski definition) is 1. The Labute approximate surface area is 116 Å². The van der Waals surface area contributed by atoms with E-state index in [9.17, 15) is 0 Å². The van der Waals surface area contributed by atoms with Crippen LogP contribution in [0, 0.1) is 0 Å². The van der Waals surface area contributed by atoms with Gasteiger partial charge >= 0.3 is 0 Å². The van der Waals surface area contributed by atoms with Crippen molar-refractivity contribution >= 4 is 17.3 Å². The maximum atomic E-state index is 6.05. The summed E-state index contributed by atoms with van der Waals surface area (Å²) in [5, 5.41) is 12.8. The van der Waals surface area contributed by atoms with Gasteiger partial charge in [0.05, 0.1) is 5.54 Å². The van der Waals surface area contributed by atoms with E-state index in [1.807, 2.05) is 10.7 Å². The molecule has 0 aliphatic heterocycles. The fraction of sp³-hybridized carbons (Fsp3) is 0.462. The second-order valence-corrected chi connectivity index (χ2v) is 5.51. The van der Waals surface area contributed by atoms with E-state index in [-0.39, 0.29) is 5.54 Å². The number of rotatable bonds is 3.